The lowest BCUT2D eigenvalue weighted by atomic mass is 9.95. The predicted octanol–water partition coefficient (Wildman–Crippen LogP) is 2.00. The number of nitrogens with zero attached hydrogens (tertiary/aromatic N) is 1. The summed E-state index contributed by atoms with van der Waals surface area (Å²) in [5.41, 5.74) is 0.553. The number of rotatable bonds is 5. The lowest BCUT2D eigenvalue weighted by Gasteiger charge is -2.24. The summed E-state index contributed by atoms with van der Waals surface area (Å²) in [6.07, 6.45) is 0. The van der Waals surface area contributed by atoms with Gasteiger partial charge in [-0.3, -0.25) is 14.4 Å². The molecule has 2 aromatic carbocycles. The molecule has 0 spiro atoms. The molecule has 2 N–H and O–H groups in total. The van der Waals surface area contributed by atoms with Crippen molar-refractivity contribution < 1.29 is 34.1 Å². The van der Waals surface area contributed by atoms with Gasteiger partial charge in [0.25, 0.3) is 11.7 Å². The van der Waals surface area contributed by atoms with Gasteiger partial charge in [-0.25, -0.2) is 0 Å². The quantitative estimate of drug-likeness (QED) is 0.343. The molecule has 0 aromatic heterocycles. The van der Waals surface area contributed by atoms with Crippen LogP contribution >= 0.6 is 0 Å². The Kier molecular flexibility index (Phi) is 5.54. The fourth-order valence-electron chi connectivity index (χ4n) is 3.21. The second-order valence-electron chi connectivity index (χ2n) is 6.30. The van der Waals surface area contributed by atoms with Gasteiger partial charge in [-0.2, -0.15) is 0 Å². The van der Waals surface area contributed by atoms with Crippen molar-refractivity contribution >= 4 is 23.4 Å². The number of hydrogen-bond acceptors (Lipinski definition) is 7. The van der Waals surface area contributed by atoms with Gasteiger partial charge in [-0.1, -0.05) is 36.4 Å². The Labute approximate surface area is 166 Å². The summed E-state index contributed by atoms with van der Waals surface area (Å²) in [6, 6.07) is 11.5. The van der Waals surface area contributed by atoms with Crippen molar-refractivity contribution in [3.63, 3.8) is 0 Å². The van der Waals surface area contributed by atoms with E-state index in [1.54, 1.807) is 30.3 Å². The summed E-state index contributed by atoms with van der Waals surface area (Å²) in [5.74, 6) is -2.97. The first-order chi connectivity index (χ1) is 13.9. The first kappa shape index (κ1) is 19.9. The van der Waals surface area contributed by atoms with Crippen molar-refractivity contribution in [3.05, 3.63) is 65.2 Å². The standard InChI is InChI=1S/C21H19NO7/c1-28-15-10-13(8-9-14(15)23)18-17(19(25)12-6-4-3-5-7-12)20(26)21(27)22(18)11-16(24)29-2/h3-10,18,23,25H,11H2,1-2H3/t18-/m0/s1. The highest BCUT2D eigenvalue weighted by molar-refractivity contribution is 6.46. The van der Waals surface area contributed by atoms with E-state index in [9.17, 15) is 24.6 Å². The molecule has 0 bridgehead atoms. The second-order valence-corrected chi connectivity index (χ2v) is 6.30. The molecule has 1 fully saturated rings. The van der Waals surface area contributed by atoms with Gasteiger partial charge in [-0.05, 0) is 17.7 Å². The number of ketones is 1. The molecule has 1 heterocycles. The van der Waals surface area contributed by atoms with Crippen molar-refractivity contribution in [1.29, 1.82) is 0 Å². The van der Waals surface area contributed by atoms with Crippen LogP contribution in [0.1, 0.15) is 17.2 Å². The fraction of sp³-hybridized carbons (Fsp3) is 0.190. The average molecular weight is 397 g/mol. The van der Waals surface area contributed by atoms with Crippen LogP contribution in [-0.4, -0.2) is 53.5 Å². The molecule has 2 aromatic rings. The molecule has 1 amide bonds. The smallest absolute Gasteiger partial charge is 0.325 e. The van der Waals surface area contributed by atoms with E-state index in [1.807, 2.05) is 0 Å². The predicted molar refractivity (Wildman–Crippen MR) is 102 cm³/mol. The second kappa shape index (κ2) is 8.05. The molecular weight excluding hydrogens is 378 g/mol. The summed E-state index contributed by atoms with van der Waals surface area (Å²) in [4.78, 5) is 38.3. The van der Waals surface area contributed by atoms with Crippen molar-refractivity contribution in [3.8, 4) is 11.5 Å². The van der Waals surface area contributed by atoms with Gasteiger partial charge in [-0.15, -0.1) is 0 Å². The average Bonchev–Trinajstić information content (AvgIpc) is 2.99. The molecule has 1 atom stereocenters. The number of aliphatic hydroxyl groups is 1. The molecule has 8 nitrogen and oxygen atoms in total. The lowest BCUT2D eigenvalue weighted by Crippen LogP contribution is -2.35. The maximum atomic E-state index is 12.8. The van der Waals surface area contributed by atoms with Crippen LogP contribution in [0.4, 0.5) is 0 Å². The topological polar surface area (TPSA) is 113 Å². The number of aliphatic hydroxyl groups excluding tert-OH is 1. The van der Waals surface area contributed by atoms with Crippen LogP contribution < -0.4 is 4.74 Å². The zero-order chi connectivity index (χ0) is 21.1. The molecule has 1 aliphatic rings. The minimum Gasteiger partial charge on any atom is -0.507 e. The number of esters is 1. The number of amides is 1. The van der Waals surface area contributed by atoms with Crippen LogP contribution in [0, 0.1) is 0 Å². The summed E-state index contributed by atoms with van der Waals surface area (Å²) < 4.78 is 9.75. The lowest BCUT2D eigenvalue weighted by molar-refractivity contribution is -0.148. The van der Waals surface area contributed by atoms with E-state index < -0.39 is 30.2 Å². The van der Waals surface area contributed by atoms with Gasteiger partial charge in [0.2, 0.25) is 0 Å². The zero-order valence-corrected chi connectivity index (χ0v) is 15.8. The molecule has 1 saturated heterocycles. The number of benzene rings is 2. The van der Waals surface area contributed by atoms with Crippen molar-refractivity contribution in [2.75, 3.05) is 20.8 Å². The Morgan fingerprint density at radius 2 is 1.79 bits per heavy atom. The number of aromatic hydroxyl groups is 1. The van der Waals surface area contributed by atoms with Gasteiger partial charge < -0.3 is 24.6 Å². The van der Waals surface area contributed by atoms with Crippen molar-refractivity contribution in [1.82, 2.24) is 4.90 Å². The summed E-state index contributed by atoms with van der Waals surface area (Å²) in [6.45, 7) is -0.486. The Balaban J connectivity index is 2.21. The molecule has 8 heteroatoms. The third-order valence-corrected chi connectivity index (χ3v) is 4.63. The molecular formula is C21H19NO7. The highest BCUT2D eigenvalue weighted by Gasteiger charge is 2.47. The summed E-state index contributed by atoms with van der Waals surface area (Å²) in [5, 5.41) is 20.7. The fourth-order valence-corrected chi connectivity index (χ4v) is 3.21. The number of phenols is 1. The van der Waals surface area contributed by atoms with Crippen LogP contribution in [0.5, 0.6) is 11.5 Å². The van der Waals surface area contributed by atoms with E-state index in [2.05, 4.69) is 4.74 Å². The number of methoxy groups -OCH3 is 2. The van der Waals surface area contributed by atoms with Gasteiger partial charge in [0.15, 0.2) is 11.5 Å². The number of carbonyl (C=O) groups excluding carboxylic acids is 3. The molecule has 0 unspecified atom stereocenters. The van der Waals surface area contributed by atoms with Gasteiger partial charge in [0.1, 0.15) is 12.3 Å². The summed E-state index contributed by atoms with van der Waals surface area (Å²) in [7, 11) is 2.52. The Morgan fingerprint density at radius 3 is 2.41 bits per heavy atom. The number of carbonyl (C=O) groups is 3. The maximum absolute atomic E-state index is 12.8. The molecule has 3 rings (SSSR count). The number of likely N-dealkylation sites (tertiary alicyclic amines) is 1. The SMILES string of the molecule is COC(=O)CN1C(=O)C(=O)C(=C(O)c2ccccc2)[C@@H]1c1ccc(O)c(OC)c1. The summed E-state index contributed by atoms with van der Waals surface area (Å²) >= 11 is 0. The van der Waals surface area contributed by atoms with Gasteiger partial charge >= 0.3 is 5.97 Å². The Morgan fingerprint density at radius 1 is 1.10 bits per heavy atom. The molecule has 0 radical (unpaired) electrons. The first-order valence-corrected chi connectivity index (χ1v) is 8.66. The highest BCUT2D eigenvalue weighted by Crippen LogP contribution is 2.41. The van der Waals surface area contributed by atoms with E-state index in [1.165, 1.54) is 32.4 Å². The number of ether oxygens (including phenoxy) is 2. The third kappa shape index (κ3) is 3.64. The minimum absolute atomic E-state index is 0.117. The first-order valence-electron chi connectivity index (χ1n) is 8.66. The molecule has 29 heavy (non-hydrogen) atoms. The normalized spacial score (nSPS) is 18.0. The monoisotopic (exact) mass is 397 g/mol. The van der Waals surface area contributed by atoms with E-state index in [0.717, 1.165) is 4.90 Å². The largest absolute Gasteiger partial charge is 0.507 e. The van der Waals surface area contributed by atoms with Crippen molar-refractivity contribution in [2.24, 2.45) is 0 Å². The Hall–Kier alpha value is -3.81. The van der Waals surface area contributed by atoms with Crippen LogP contribution in [0.15, 0.2) is 54.1 Å². The van der Waals surface area contributed by atoms with E-state index >= 15 is 0 Å². The zero-order valence-electron chi connectivity index (χ0n) is 15.8. The maximum Gasteiger partial charge on any atom is 0.325 e. The van der Waals surface area contributed by atoms with Crippen LogP contribution in [0.2, 0.25) is 0 Å². The number of phenolic OH excluding ortho intramolecular Hbond substituents is 1. The minimum atomic E-state index is -1.07. The highest BCUT2D eigenvalue weighted by atomic mass is 16.5. The van der Waals surface area contributed by atoms with E-state index in [4.69, 9.17) is 4.74 Å². The van der Waals surface area contributed by atoms with Gasteiger partial charge in [0.05, 0.1) is 25.8 Å². The van der Waals surface area contributed by atoms with Crippen LogP contribution in [-0.2, 0) is 19.1 Å². The van der Waals surface area contributed by atoms with Crippen molar-refractivity contribution in [2.45, 2.75) is 6.04 Å². The Bertz CT molecular complexity index is 997. The molecule has 1 aliphatic heterocycles. The third-order valence-electron chi connectivity index (χ3n) is 4.63. The van der Waals surface area contributed by atoms with Crippen LogP contribution in [0.3, 0.4) is 0 Å². The van der Waals surface area contributed by atoms with E-state index in [-0.39, 0.29) is 22.8 Å². The van der Waals surface area contributed by atoms with Gasteiger partial charge in [0, 0.05) is 5.56 Å². The molecule has 0 saturated carbocycles. The number of Topliss-reactive ketones (excluding diaryl/α,β-unsaturated/α-hetero) is 1. The molecule has 150 valence electrons. The van der Waals surface area contributed by atoms with E-state index in [0.29, 0.717) is 11.1 Å². The molecule has 0 aliphatic carbocycles. The van der Waals surface area contributed by atoms with Crippen LogP contribution in [0.25, 0.3) is 5.76 Å². The number of hydrogen-bond donors (Lipinski definition) is 2.